The molecule has 22 heavy (non-hydrogen) atoms. The van der Waals surface area contributed by atoms with Crippen molar-refractivity contribution < 1.29 is 13.2 Å². The zero-order chi connectivity index (χ0) is 15.7. The summed E-state index contributed by atoms with van der Waals surface area (Å²) in [7, 11) is 0. The van der Waals surface area contributed by atoms with E-state index in [0.717, 1.165) is 12.1 Å². The molecule has 3 rings (SSSR count). The molecule has 0 unspecified atom stereocenters. The van der Waals surface area contributed by atoms with Crippen molar-refractivity contribution in [3.05, 3.63) is 64.9 Å². The molecule has 2 nitrogen and oxygen atoms in total. The van der Waals surface area contributed by atoms with Crippen LogP contribution in [0.2, 0.25) is 0 Å². The van der Waals surface area contributed by atoms with Crippen LogP contribution in [0.25, 0.3) is 22.2 Å². The van der Waals surface area contributed by atoms with Crippen LogP contribution in [0, 0.1) is 4.64 Å². The summed E-state index contributed by atoms with van der Waals surface area (Å²) < 4.78 is 39.1. The van der Waals surface area contributed by atoms with Gasteiger partial charge in [-0.2, -0.15) is 13.2 Å². The molecule has 110 valence electrons. The standard InChI is InChI=1S/C16H9F3N2S/c17-16(18,19)11-6-7-13-12(8-11)15(20-9-14(22)21-13)10-4-2-1-3-5-10/h1-9H. The fourth-order valence-corrected chi connectivity index (χ4v) is 2.31. The maximum atomic E-state index is 13.0. The Morgan fingerprint density at radius 3 is 2.36 bits per heavy atom. The first-order valence-electron chi connectivity index (χ1n) is 6.39. The third kappa shape index (κ3) is 2.82. The zero-order valence-corrected chi connectivity index (χ0v) is 11.9. The Labute approximate surface area is 129 Å². The molecule has 0 radical (unpaired) electrons. The van der Waals surface area contributed by atoms with Crippen LogP contribution in [0.15, 0.2) is 54.7 Å². The van der Waals surface area contributed by atoms with Crippen molar-refractivity contribution in [3.63, 3.8) is 0 Å². The molecule has 3 aromatic rings. The van der Waals surface area contributed by atoms with Gasteiger partial charge in [-0.25, -0.2) is 4.98 Å². The predicted molar refractivity (Wildman–Crippen MR) is 80.8 cm³/mol. The molecule has 6 heteroatoms. The zero-order valence-electron chi connectivity index (χ0n) is 11.1. The van der Waals surface area contributed by atoms with Crippen LogP contribution in [0.4, 0.5) is 13.2 Å². The highest BCUT2D eigenvalue weighted by Gasteiger charge is 2.30. The van der Waals surface area contributed by atoms with Gasteiger partial charge in [-0.15, -0.1) is 0 Å². The summed E-state index contributed by atoms with van der Waals surface area (Å²) in [4.78, 5) is 8.36. The van der Waals surface area contributed by atoms with Crippen molar-refractivity contribution >= 4 is 23.1 Å². The van der Waals surface area contributed by atoms with Gasteiger partial charge >= 0.3 is 6.18 Å². The molecule has 0 bridgehead atoms. The highest BCUT2D eigenvalue weighted by atomic mass is 32.1. The van der Waals surface area contributed by atoms with Crippen LogP contribution in [0.5, 0.6) is 0 Å². The molecule has 1 heterocycles. The fraction of sp³-hybridized carbons (Fsp3) is 0.0625. The minimum atomic E-state index is -4.42. The van der Waals surface area contributed by atoms with Crippen LogP contribution in [-0.4, -0.2) is 9.97 Å². The highest BCUT2D eigenvalue weighted by Crippen LogP contribution is 2.33. The fourth-order valence-electron chi connectivity index (χ4n) is 2.16. The SMILES string of the molecule is FC(F)(F)c1ccc2nc(=S)cnc(-c3ccccc3)c2c1. The van der Waals surface area contributed by atoms with E-state index in [1.165, 1.54) is 12.3 Å². The lowest BCUT2D eigenvalue weighted by atomic mass is 10.0. The van der Waals surface area contributed by atoms with E-state index in [1.54, 1.807) is 24.3 Å². The van der Waals surface area contributed by atoms with E-state index in [4.69, 9.17) is 12.2 Å². The predicted octanol–water partition coefficient (Wildman–Crippen LogP) is 5.05. The summed E-state index contributed by atoms with van der Waals surface area (Å²) in [5, 5.41) is 0.317. The second-order valence-corrected chi connectivity index (χ2v) is 5.07. The van der Waals surface area contributed by atoms with Gasteiger partial charge in [-0.1, -0.05) is 42.5 Å². The first-order valence-corrected chi connectivity index (χ1v) is 6.80. The molecule has 0 N–H and O–H groups in total. The van der Waals surface area contributed by atoms with E-state index in [9.17, 15) is 13.2 Å². The second kappa shape index (κ2) is 5.46. The molecule has 0 aliphatic carbocycles. The third-order valence-corrected chi connectivity index (χ3v) is 3.36. The molecule has 0 amide bonds. The number of alkyl halides is 3. The summed E-state index contributed by atoms with van der Waals surface area (Å²) in [6.07, 6.45) is -3.04. The summed E-state index contributed by atoms with van der Waals surface area (Å²) in [6.45, 7) is 0. The van der Waals surface area contributed by atoms with E-state index < -0.39 is 11.7 Å². The number of fused-ring (bicyclic) bond motifs is 1. The number of hydrogen-bond donors (Lipinski definition) is 0. The maximum absolute atomic E-state index is 13.0. The highest BCUT2D eigenvalue weighted by molar-refractivity contribution is 7.71. The normalized spacial score (nSPS) is 11.6. The largest absolute Gasteiger partial charge is 0.416 e. The van der Waals surface area contributed by atoms with Crippen molar-refractivity contribution in [3.8, 4) is 11.3 Å². The Kier molecular flexibility index (Phi) is 3.62. The van der Waals surface area contributed by atoms with Crippen molar-refractivity contribution in [1.29, 1.82) is 0 Å². The summed E-state index contributed by atoms with van der Waals surface area (Å²) in [5.74, 6) is 0. The van der Waals surface area contributed by atoms with Gasteiger partial charge in [0.05, 0.1) is 23.0 Å². The quantitative estimate of drug-likeness (QED) is 0.588. The lowest BCUT2D eigenvalue weighted by molar-refractivity contribution is -0.137. The molecule has 0 aliphatic heterocycles. The van der Waals surface area contributed by atoms with Gasteiger partial charge in [-0.05, 0) is 18.2 Å². The van der Waals surface area contributed by atoms with Gasteiger partial charge < -0.3 is 0 Å². The van der Waals surface area contributed by atoms with Crippen molar-refractivity contribution in [1.82, 2.24) is 9.97 Å². The molecule has 1 aromatic heterocycles. The van der Waals surface area contributed by atoms with Crippen LogP contribution in [0.3, 0.4) is 0 Å². The van der Waals surface area contributed by atoms with Gasteiger partial charge in [0.15, 0.2) is 0 Å². The van der Waals surface area contributed by atoms with Crippen LogP contribution in [0.1, 0.15) is 5.56 Å². The van der Waals surface area contributed by atoms with E-state index in [-0.39, 0.29) is 4.64 Å². The van der Waals surface area contributed by atoms with Gasteiger partial charge in [0.25, 0.3) is 0 Å². The van der Waals surface area contributed by atoms with E-state index in [1.807, 2.05) is 6.07 Å². The third-order valence-electron chi connectivity index (χ3n) is 3.16. The molecule has 0 saturated carbocycles. The van der Waals surface area contributed by atoms with E-state index in [2.05, 4.69) is 9.97 Å². The average molecular weight is 318 g/mol. The van der Waals surface area contributed by atoms with E-state index in [0.29, 0.717) is 22.2 Å². The van der Waals surface area contributed by atoms with Crippen molar-refractivity contribution in [2.75, 3.05) is 0 Å². The van der Waals surface area contributed by atoms with Crippen molar-refractivity contribution in [2.45, 2.75) is 6.18 Å². The smallest absolute Gasteiger partial charge is 0.252 e. The first kappa shape index (κ1) is 14.6. The minimum absolute atomic E-state index is 0.229. The Balaban J connectivity index is 2.40. The summed E-state index contributed by atoms with van der Waals surface area (Å²) >= 11 is 5.03. The number of hydrogen-bond acceptors (Lipinski definition) is 3. The van der Waals surface area contributed by atoms with Gasteiger partial charge in [0.2, 0.25) is 0 Å². The van der Waals surface area contributed by atoms with Crippen molar-refractivity contribution in [2.24, 2.45) is 0 Å². The van der Waals surface area contributed by atoms with Gasteiger partial charge in [0.1, 0.15) is 4.64 Å². The number of nitrogens with zero attached hydrogens (tertiary/aromatic N) is 2. The number of rotatable bonds is 1. The lowest BCUT2D eigenvalue weighted by Gasteiger charge is -2.08. The molecule has 0 atom stereocenters. The van der Waals surface area contributed by atoms with Crippen LogP contribution < -0.4 is 0 Å². The van der Waals surface area contributed by atoms with Crippen LogP contribution in [-0.2, 0) is 6.18 Å². The molecular weight excluding hydrogens is 309 g/mol. The summed E-state index contributed by atoms with van der Waals surface area (Å²) in [5.41, 5.74) is 0.775. The monoisotopic (exact) mass is 318 g/mol. The topological polar surface area (TPSA) is 25.8 Å². The maximum Gasteiger partial charge on any atom is 0.416 e. The first-order chi connectivity index (χ1) is 10.4. The number of halogens is 3. The molecule has 0 spiro atoms. The molecular formula is C16H9F3N2S. The number of aromatic nitrogens is 2. The van der Waals surface area contributed by atoms with Gasteiger partial charge in [0, 0.05) is 10.9 Å². The molecule has 0 fully saturated rings. The molecule has 0 saturated heterocycles. The number of benzene rings is 2. The summed E-state index contributed by atoms with van der Waals surface area (Å²) in [6, 6.07) is 12.4. The minimum Gasteiger partial charge on any atom is -0.252 e. The van der Waals surface area contributed by atoms with Gasteiger partial charge in [-0.3, -0.25) is 4.98 Å². The Bertz CT molecular complexity index is 893. The second-order valence-electron chi connectivity index (χ2n) is 4.65. The van der Waals surface area contributed by atoms with Crippen LogP contribution >= 0.6 is 12.2 Å². The molecule has 0 aliphatic rings. The Morgan fingerprint density at radius 1 is 0.955 bits per heavy atom. The van der Waals surface area contributed by atoms with E-state index >= 15 is 0 Å². The lowest BCUT2D eigenvalue weighted by Crippen LogP contribution is -2.04. The molecule has 2 aromatic carbocycles. The Hall–Kier alpha value is -2.34. The average Bonchev–Trinajstić information content (AvgIpc) is 2.65. The Morgan fingerprint density at radius 2 is 1.68 bits per heavy atom.